The van der Waals surface area contributed by atoms with E-state index in [0.29, 0.717) is 42.2 Å². The van der Waals surface area contributed by atoms with Gasteiger partial charge in [-0.15, -0.1) is 10.2 Å². The fourth-order valence-electron chi connectivity index (χ4n) is 2.59. The first-order valence-electron chi connectivity index (χ1n) is 7.63. The highest BCUT2D eigenvalue weighted by Gasteiger charge is 2.30. The second-order valence-electron chi connectivity index (χ2n) is 5.71. The lowest BCUT2D eigenvalue weighted by Gasteiger charge is -2.20. The summed E-state index contributed by atoms with van der Waals surface area (Å²) in [5.74, 6) is 1.25. The van der Waals surface area contributed by atoms with Gasteiger partial charge in [-0.3, -0.25) is 4.90 Å². The molecular formula is C17H16FN3O2. The number of hydrogen-bond acceptors (Lipinski definition) is 5. The van der Waals surface area contributed by atoms with Crippen LogP contribution in [0.15, 0.2) is 51.5 Å². The number of nitrogens with zero attached hydrogens (tertiary/aromatic N) is 3. The molecule has 0 atom stereocenters. The summed E-state index contributed by atoms with van der Waals surface area (Å²) < 4.78 is 24.8. The minimum atomic E-state index is -0.181. The van der Waals surface area contributed by atoms with Gasteiger partial charge in [-0.05, 0) is 31.0 Å². The molecule has 1 fully saturated rings. The van der Waals surface area contributed by atoms with Crippen molar-refractivity contribution in [2.45, 2.75) is 32.0 Å². The number of furan rings is 1. The van der Waals surface area contributed by atoms with Gasteiger partial charge in [0, 0.05) is 18.2 Å². The maximum absolute atomic E-state index is 13.9. The van der Waals surface area contributed by atoms with Crippen LogP contribution >= 0.6 is 0 Å². The van der Waals surface area contributed by atoms with E-state index in [1.165, 1.54) is 6.07 Å². The molecule has 0 spiro atoms. The van der Waals surface area contributed by atoms with E-state index < -0.39 is 0 Å². The molecule has 0 amide bonds. The summed E-state index contributed by atoms with van der Waals surface area (Å²) >= 11 is 0. The zero-order valence-electron chi connectivity index (χ0n) is 12.5. The molecule has 0 radical (unpaired) electrons. The Bertz CT molecular complexity index is 781. The van der Waals surface area contributed by atoms with Gasteiger partial charge in [-0.25, -0.2) is 4.39 Å². The molecule has 2 heterocycles. The van der Waals surface area contributed by atoms with Gasteiger partial charge in [-0.2, -0.15) is 0 Å². The normalized spacial score (nSPS) is 14.5. The molecule has 1 aliphatic rings. The minimum absolute atomic E-state index is 0.181. The van der Waals surface area contributed by atoms with Crippen molar-refractivity contribution in [3.8, 4) is 11.7 Å². The quantitative estimate of drug-likeness (QED) is 0.695. The zero-order chi connectivity index (χ0) is 15.6. The van der Waals surface area contributed by atoms with E-state index in [2.05, 4.69) is 15.1 Å². The van der Waals surface area contributed by atoms with Crippen molar-refractivity contribution in [1.29, 1.82) is 0 Å². The molecule has 0 saturated heterocycles. The van der Waals surface area contributed by atoms with Crippen LogP contribution in [-0.2, 0) is 13.1 Å². The molecule has 0 bridgehead atoms. The Labute approximate surface area is 132 Å². The molecule has 1 aliphatic carbocycles. The predicted octanol–water partition coefficient (Wildman–Crippen LogP) is 3.63. The van der Waals surface area contributed by atoms with Gasteiger partial charge < -0.3 is 8.83 Å². The van der Waals surface area contributed by atoms with Crippen LogP contribution in [0.2, 0.25) is 0 Å². The highest BCUT2D eigenvalue weighted by molar-refractivity contribution is 5.42. The monoisotopic (exact) mass is 313 g/mol. The Morgan fingerprint density at radius 2 is 1.96 bits per heavy atom. The first kappa shape index (κ1) is 14.1. The molecule has 118 valence electrons. The topological polar surface area (TPSA) is 55.3 Å². The van der Waals surface area contributed by atoms with E-state index in [0.717, 1.165) is 12.8 Å². The SMILES string of the molecule is Fc1ccccc1CN(Cc1nnc(-c2ccco2)o1)C1CC1. The van der Waals surface area contributed by atoms with Gasteiger partial charge in [0.05, 0.1) is 12.8 Å². The molecule has 0 N–H and O–H groups in total. The molecule has 2 aromatic heterocycles. The fourth-order valence-corrected chi connectivity index (χ4v) is 2.59. The lowest BCUT2D eigenvalue weighted by atomic mass is 10.2. The summed E-state index contributed by atoms with van der Waals surface area (Å²) in [7, 11) is 0. The van der Waals surface area contributed by atoms with Crippen LogP contribution in [-0.4, -0.2) is 21.1 Å². The third-order valence-electron chi connectivity index (χ3n) is 3.93. The van der Waals surface area contributed by atoms with Crippen LogP contribution in [0.5, 0.6) is 0 Å². The van der Waals surface area contributed by atoms with Crippen molar-refractivity contribution < 1.29 is 13.2 Å². The molecule has 23 heavy (non-hydrogen) atoms. The molecule has 0 unspecified atom stereocenters. The van der Waals surface area contributed by atoms with E-state index in [9.17, 15) is 4.39 Å². The summed E-state index contributed by atoms with van der Waals surface area (Å²) in [6.07, 6.45) is 3.80. The third kappa shape index (κ3) is 3.17. The zero-order valence-corrected chi connectivity index (χ0v) is 12.5. The Hall–Kier alpha value is -2.47. The third-order valence-corrected chi connectivity index (χ3v) is 3.93. The van der Waals surface area contributed by atoms with E-state index in [1.54, 1.807) is 24.5 Å². The van der Waals surface area contributed by atoms with Gasteiger partial charge in [0.25, 0.3) is 5.89 Å². The average molecular weight is 313 g/mol. The van der Waals surface area contributed by atoms with E-state index in [-0.39, 0.29) is 5.82 Å². The van der Waals surface area contributed by atoms with Gasteiger partial charge in [0.15, 0.2) is 5.76 Å². The van der Waals surface area contributed by atoms with Crippen LogP contribution in [0, 0.1) is 5.82 Å². The standard InChI is InChI=1S/C17H16FN3O2/c18-14-5-2-1-4-12(14)10-21(13-7-8-13)11-16-19-20-17(23-16)15-6-3-9-22-15/h1-6,9,13H,7-8,10-11H2. The van der Waals surface area contributed by atoms with Gasteiger partial charge >= 0.3 is 0 Å². The Morgan fingerprint density at radius 3 is 2.70 bits per heavy atom. The summed E-state index contributed by atoms with van der Waals surface area (Å²) in [5.41, 5.74) is 0.685. The fraction of sp³-hybridized carbons (Fsp3) is 0.294. The smallest absolute Gasteiger partial charge is 0.283 e. The van der Waals surface area contributed by atoms with Crippen LogP contribution in [0.4, 0.5) is 4.39 Å². The number of hydrogen-bond donors (Lipinski definition) is 0. The Morgan fingerprint density at radius 1 is 1.09 bits per heavy atom. The molecule has 3 aromatic rings. The molecule has 1 saturated carbocycles. The maximum atomic E-state index is 13.9. The summed E-state index contributed by atoms with van der Waals surface area (Å²) in [6.45, 7) is 1.04. The van der Waals surface area contributed by atoms with E-state index in [4.69, 9.17) is 8.83 Å². The maximum Gasteiger partial charge on any atom is 0.283 e. The first-order chi connectivity index (χ1) is 11.3. The van der Waals surface area contributed by atoms with Crippen LogP contribution in [0.3, 0.4) is 0 Å². The van der Waals surface area contributed by atoms with Crippen molar-refractivity contribution in [3.05, 3.63) is 59.9 Å². The van der Waals surface area contributed by atoms with E-state index >= 15 is 0 Å². The molecule has 4 rings (SSSR count). The van der Waals surface area contributed by atoms with Crippen LogP contribution in [0.1, 0.15) is 24.3 Å². The van der Waals surface area contributed by atoms with Crippen molar-refractivity contribution in [2.24, 2.45) is 0 Å². The highest BCUT2D eigenvalue weighted by Crippen LogP contribution is 2.30. The van der Waals surface area contributed by atoms with Crippen LogP contribution in [0.25, 0.3) is 11.7 Å². The number of rotatable bonds is 6. The predicted molar refractivity (Wildman–Crippen MR) is 80.7 cm³/mol. The first-order valence-corrected chi connectivity index (χ1v) is 7.63. The van der Waals surface area contributed by atoms with Crippen LogP contribution < -0.4 is 0 Å². The number of halogens is 1. The van der Waals surface area contributed by atoms with Crippen molar-refractivity contribution in [2.75, 3.05) is 0 Å². The molecule has 0 aliphatic heterocycles. The second-order valence-corrected chi connectivity index (χ2v) is 5.71. The van der Waals surface area contributed by atoms with E-state index in [1.807, 2.05) is 12.1 Å². The molecule has 6 heteroatoms. The Balaban J connectivity index is 1.50. The second kappa shape index (κ2) is 5.96. The summed E-state index contributed by atoms with van der Waals surface area (Å²) in [4.78, 5) is 2.18. The minimum Gasteiger partial charge on any atom is -0.459 e. The van der Waals surface area contributed by atoms with Crippen molar-refractivity contribution in [1.82, 2.24) is 15.1 Å². The highest BCUT2D eigenvalue weighted by atomic mass is 19.1. The largest absolute Gasteiger partial charge is 0.459 e. The average Bonchev–Trinajstić information content (AvgIpc) is 3.07. The molecule has 1 aromatic carbocycles. The van der Waals surface area contributed by atoms with Crippen molar-refractivity contribution in [3.63, 3.8) is 0 Å². The summed E-state index contributed by atoms with van der Waals surface area (Å²) in [5, 5.41) is 8.08. The van der Waals surface area contributed by atoms with Gasteiger partial charge in [-0.1, -0.05) is 18.2 Å². The number of aromatic nitrogens is 2. The number of benzene rings is 1. The van der Waals surface area contributed by atoms with Gasteiger partial charge in [0.2, 0.25) is 5.89 Å². The lowest BCUT2D eigenvalue weighted by Crippen LogP contribution is -2.25. The molecular weight excluding hydrogens is 297 g/mol. The summed E-state index contributed by atoms with van der Waals surface area (Å²) in [6, 6.07) is 10.9. The molecule has 5 nitrogen and oxygen atoms in total. The lowest BCUT2D eigenvalue weighted by molar-refractivity contribution is 0.218. The van der Waals surface area contributed by atoms with Gasteiger partial charge in [0.1, 0.15) is 5.82 Å². The van der Waals surface area contributed by atoms with Crippen molar-refractivity contribution >= 4 is 0 Å². The Kier molecular flexibility index (Phi) is 3.67.